The zero-order chi connectivity index (χ0) is 32.3. The first kappa shape index (κ1) is 32.1. The van der Waals surface area contributed by atoms with E-state index in [2.05, 4.69) is 16.0 Å². The topological polar surface area (TPSA) is 96.5 Å². The predicted octanol–water partition coefficient (Wildman–Crippen LogP) is 8.23. The molecule has 3 amide bonds. The van der Waals surface area contributed by atoms with Crippen LogP contribution in [0.15, 0.2) is 144 Å². The lowest BCUT2D eigenvalue weighted by Crippen LogP contribution is -2.30. The van der Waals surface area contributed by atoms with Gasteiger partial charge in [-0.05, 0) is 83.9 Å². The molecular formula is C37H30ClN3O4S. The Morgan fingerprint density at radius 2 is 1.43 bits per heavy atom. The van der Waals surface area contributed by atoms with E-state index in [0.29, 0.717) is 33.3 Å². The van der Waals surface area contributed by atoms with Gasteiger partial charge in [0, 0.05) is 26.9 Å². The number of rotatable bonds is 11. The number of methoxy groups -OCH3 is 1. The third-order valence-corrected chi connectivity index (χ3v) is 8.22. The summed E-state index contributed by atoms with van der Waals surface area (Å²) in [5.41, 5.74) is 3.04. The molecule has 1 atom stereocenters. The second-order valence-corrected chi connectivity index (χ2v) is 11.7. The highest BCUT2D eigenvalue weighted by Gasteiger charge is 2.23. The standard InChI is InChI=1S/C37H30ClN3O4S/c1-45-31-20-18-29(19-21-31)39-37(44)34(26-11-4-2-5-12-26)46-32-17-9-16-30(24-32)40-36(43)33(23-25-10-8-15-28(38)22-25)41-35(42)27-13-6-3-7-14-27/h2-24,34H,1H3,(H,39,44)(H,40,43)(H,41,42)/b33-23-. The quantitative estimate of drug-likeness (QED) is 0.0991. The number of nitrogens with one attached hydrogen (secondary N) is 3. The van der Waals surface area contributed by atoms with Gasteiger partial charge in [-0.1, -0.05) is 78.3 Å². The first-order valence-corrected chi connectivity index (χ1v) is 15.6. The Morgan fingerprint density at radius 3 is 2.13 bits per heavy atom. The lowest BCUT2D eigenvalue weighted by Gasteiger charge is -2.18. The van der Waals surface area contributed by atoms with E-state index in [1.165, 1.54) is 11.8 Å². The van der Waals surface area contributed by atoms with Crippen molar-refractivity contribution < 1.29 is 19.1 Å². The van der Waals surface area contributed by atoms with Crippen molar-refractivity contribution in [3.63, 3.8) is 0 Å². The summed E-state index contributed by atoms with van der Waals surface area (Å²) in [5, 5.41) is 8.52. The summed E-state index contributed by atoms with van der Waals surface area (Å²) in [6.45, 7) is 0. The molecule has 3 N–H and O–H groups in total. The van der Waals surface area contributed by atoms with Gasteiger partial charge in [-0.15, -0.1) is 11.8 Å². The van der Waals surface area contributed by atoms with Gasteiger partial charge in [0.15, 0.2) is 0 Å². The molecule has 0 saturated carbocycles. The van der Waals surface area contributed by atoms with Gasteiger partial charge in [0.25, 0.3) is 11.8 Å². The zero-order valence-electron chi connectivity index (χ0n) is 24.8. The van der Waals surface area contributed by atoms with Gasteiger partial charge in [0.2, 0.25) is 5.91 Å². The largest absolute Gasteiger partial charge is 0.497 e. The van der Waals surface area contributed by atoms with E-state index in [0.717, 1.165) is 10.5 Å². The van der Waals surface area contributed by atoms with Gasteiger partial charge in [-0.3, -0.25) is 14.4 Å². The molecule has 9 heteroatoms. The average Bonchev–Trinajstić information content (AvgIpc) is 3.08. The van der Waals surface area contributed by atoms with Crippen LogP contribution in [0.25, 0.3) is 6.08 Å². The van der Waals surface area contributed by atoms with Crippen LogP contribution in [0.5, 0.6) is 5.75 Å². The van der Waals surface area contributed by atoms with E-state index < -0.39 is 17.1 Å². The molecule has 0 aliphatic heterocycles. The molecule has 230 valence electrons. The number of thioether (sulfide) groups is 1. The van der Waals surface area contributed by atoms with Gasteiger partial charge in [0.05, 0.1) is 7.11 Å². The van der Waals surface area contributed by atoms with Crippen molar-refractivity contribution in [2.75, 3.05) is 17.7 Å². The first-order valence-electron chi connectivity index (χ1n) is 14.3. The second kappa shape index (κ2) is 15.6. The van der Waals surface area contributed by atoms with Crippen LogP contribution in [0, 0.1) is 0 Å². The van der Waals surface area contributed by atoms with Gasteiger partial charge < -0.3 is 20.7 Å². The lowest BCUT2D eigenvalue weighted by molar-refractivity contribution is -0.116. The third kappa shape index (κ3) is 8.88. The molecule has 46 heavy (non-hydrogen) atoms. The van der Waals surface area contributed by atoms with Crippen LogP contribution < -0.4 is 20.7 Å². The van der Waals surface area contributed by atoms with Crippen LogP contribution in [-0.4, -0.2) is 24.8 Å². The lowest BCUT2D eigenvalue weighted by atomic mass is 10.1. The van der Waals surface area contributed by atoms with Crippen LogP contribution in [0.4, 0.5) is 11.4 Å². The molecule has 5 aromatic carbocycles. The van der Waals surface area contributed by atoms with E-state index in [9.17, 15) is 14.4 Å². The molecule has 5 rings (SSSR count). The molecule has 0 aromatic heterocycles. The van der Waals surface area contributed by atoms with Gasteiger partial charge in [-0.25, -0.2) is 0 Å². The fourth-order valence-electron chi connectivity index (χ4n) is 4.47. The molecule has 0 bridgehead atoms. The molecule has 0 heterocycles. The van der Waals surface area contributed by atoms with E-state index in [4.69, 9.17) is 16.3 Å². The van der Waals surface area contributed by atoms with Crippen LogP contribution in [0.2, 0.25) is 5.02 Å². The van der Waals surface area contributed by atoms with Crippen molar-refractivity contribution in [3.8, 4) is 5.75 Å². The highest BCUT2D eigenvalue weighted by molar-refractivity contribution is 8.00. The molecule has 0 fully saturated rings. The highest BCUT2D eigenvalue weighted by Crippen LogP contribution is 2.37. The normalized spacial score (nSPS) is 11.7. The van der Waals surface area contributed by atoms with Crippen LogP contribution in [0.3, 0.4) is 0 Å². The van der Waals surface area contributed by atoms with E-state index in [1.807, 2.05) is 42.5 Å². The fourth-order valence-corrected chi connectivity index (χ4v) is 5.75. The third-order valence-electron chi connectivity index (χ3n) is 6.73. The van der Waals surface area contributed by atoms with Crippen molar-refractivity contribution >= 4 is 58.5 Å². The minimum absolute atomic E-state index is 0.0372. The van der Waals surface area contributed by atoms with E-state index >= 15 is 0 Å². The Balaban J connectivity index is 1.36. The minimum Gasteiger partial charge on any atom is -0.497 e. The van der Waals surface area contributed by atoms with Crippen LogP contribution in [0.1, 0.15) is 26.7 Å². The van der Waals surface area contributed by atoms with Gasteiger partial charge in [-0.2, -0.15) is 0 Å². The molecule has 7 nitrogen and oxygen atoms in total. The summed E-state index contributed by atoms with van der Waals surface area (Å²) in [4.78, 5) is 40.9. The molecule has 1 unspecified atom stereocenters. The van der Waals surface area contributed by atoms with Crippen molar-refractivity contribution in [1.82, 2.24) is 5.32 Å². The minimum atomic E-state index is -0.585. The molecule has 0 saturated heterocycles. The first-order chi connectivity index (χ1) is 22.4. The maximum Gasteiger partial charge on any atom is 0.272 e. The number of ether oxygens (including phenoxy) is 1. The van der Waals surface area contributed by atoms with E-state index in [-0.39, 0.29) is 11.6 Å². The average molecular weight is 648 g/mol. The second-order valence-electron chi connectivity index (χ2n) is 10.0. The van der Waals surface area contributed by atoms with Gasteiger partial charge in [0.1, 0.15) is 16.7 Å². The predicted molar refractivity (Wildman–Crippen MR) is 185 cm³/mol. The number of benzene rings is 5. The Bertz CT molecular complexity index is 1850. The van der Waals surface area contributed by atoms with Gasteiger partial charge >= 0.3 is 0 Å². The zero-order valence-corrected chi connectivity index (χ0v) is 26.3. The molecule has 0 radical (unpaired) electrons. The summed E-state index contributed by atoms with van der Waals surface area (Å²) < 4.78 is 5.22. The van der Waals surface area contributed by atoms with Crippen molar-refractivity contribution in [2.45, 2.75) is 10.1 Å². The Hall–Kier alpha value is -5.31. The molecular weight excluding hydrogens is 618 g/mol. The summed E-state index contributed by atoms with van der Waals surface area (Å²) in [6.07, 6.45) is 1.57. The summed E-state index contributed by atoms with van der Waals surface area (Å²) in [7, 11) is 1.59. The molecule has 0 aliphatic carbocycles. The molecule has 0 aliphatic rings. The number of carbonyl (C=O) groups excluding carboxylic acids is 3. The smallest absolute Gasteiger partial charge is 0.272 e. The Morgan fingerprint density at radius 1 is 0.739 bits per heavy atom. The number of hydrogen-bond acceptors (Lipinski definition) is 5. The summed E-state index contributed by atoms with van der Waals surface area (Å²) in [5.74, 6) is -0.465. The number of hydrogen-bond donors (Lipinski definition) is 3. The van der Waals surface area contributed by atoms with Crippen molar-refractivity contribution in [2.24, 2.45) is 0 Å². The molecule has 0 spiro atoms. The monoisotopic (exact) mass is 647 g/mol. The fraction of sp³-hybridized carbons (Fsp3) is 0.0541. The van der Waals surface area contributed by atoms with Crippen molar-refractivity contribution in [3.05, 3.63) is 161 Å². The number of amides is 3. The van der Waals surface area contributed by atoms with Crippen LogP contribution >= 0.6 is 23.4 Å². The molecule has 5 aromatic rings. The number of carbonyl (C=O) groups is 3. The van der Waals surface area contributed by atoms with Crippen LogP contribution in [-0.2, 0) is 9.59 Å². The van der Waals surface area contributed by atoms with E-state index in [1.54, 1.807) is 104 Å². The highest BCUT2D eigenvalue weighted by atomic mass is 35.5. The maximum absolute atomic E-state index is 13.6. The summed E-state index contributed by atoms with van der Waals surface area (Å²) in [6, 6.07) is 39.4. The number of halogens is 1. The Labute approximate surface area is 276 Å². The Kier molecular flexibility index (Phi) is 10.9. The SMILES string of the molecule is COc1ccc(NC(=O)C(Sc2cccc(NC(=O)/C(=C/c3cccc(Cl)c3)NC(=O)c3ccccc3)c2)c2ccccc2)cc1. The maximum atomic E-state index is 13.6. The van der Waals surface area contributed by atoms with Crippen molar-refractivity contribution in [1.29, 1.82) is 0 Å². The number of anilines is 2. The summed E-state index contributed by atoms with van der Waals surface area (Å²) >= 11 is 7.52.